The SMILES string of the molecule is CCOc1cc(/C=N\NC(=O)c2ccncc2)ccc1OC(=O)c1ccc(OC)cc1. The smallest absolute Gasteiger partial charge is 0.343 e. The zero-order valence-corrected chi connectivity index (χ0v) is 17.1. The van der Waals surface area contributed by atoms with Crippen molar-refractivity contribution >= 4 is 18.1 Å². The normalized spacial score (nSPS) is 10.5. The van der Waals surface area contributed by atoms with Gasteiger partial charge in [-0.15, -0.1) is 0 Å². The number of methoxy groups -OCH3 is 1. The van der Waals surface area contributed by atoms with Crippen LogP contribution < -0.4 is 19.6 Å². The summed E-state index contributed by atoms with van der Waals surface area (Å²) in [4.78, 5) is 28.3. The average Bonchev–Trinajstić information content (AvgIpc) is 2.81. The number of aromatic nitrogens is 1. The van der Waals surface area contributed by atoms with Crippen molar-refractivity contribution in [2.45, 2.75) is 6.92 Å². The second-order valence-electron chi connectivity index (χ2n) is 6.19. The Morgan fingerprint density at radius 3 is 2.42 bits per heavy atom. The van der Waals surface area contributed by atoms with Crippen molar-refractivity contribution in [1.29, 1.82) is 0 Å². The number of ether oxygens (including phenoxy) is 3. The molecule has 0 saturated heterocycles. The minimum Gasteiger partial charge on any atom is -0.497 e. The van der Waals surface area contributed by atoms with Crippen molar-refractivity contribution in [2.24, 2.45) is 5.10 Å². The van der Waals surface area contributed by atoms with E-state index in [0.717, 1.165) is 0 Å². The molecule has 0 radical (unpaired) electrons. The Hall–Kier alpha value is -4.20. The molecule has 8 heteroatoms. The van der Waals surface area contributed by atoms with Gasteiger partial charge in [0.25, 0.3) is 5.91 Å². The quantitative estimate of drug-likeness (QED) is 0.260. The second-order valence-corrected chi connectivity index (χ2v) is 6.19. The summed E-state index contributed by atoms with van der Waals surface area (Å²) in [5.41, 5.74) is 3.93. The van der Waals surface area contributed by atoms with Gasteiger partial charge in [-0.1, -0.05) is 0 Å². The first-order valence-electron chi connectivity index (χ1n) is 9.47. The van der Waals surface area contributed by atoms with Crippen molar-refractivity contribution in [1.82, 2.24) is 10.4 Å². The second kappa shape index (κ2) is 10.5. The molecule has 0 atom stereocenters. The molecule has 1 heterocycles. The van der Waals surface area contributed by atoms with Crippen LogP contribution in [0.15, 0.2) is 72.1 Å². The number of carbonyl (C=O) groups excluding carboxylic acids is 2. The van der Waals surface area contributed by atoms with Crippen LogP contribution in [0.5, 0.6) is 17.2 Å². The summed E-state index contributed by atoms with van der Waals surface area (Å²) in [5, 5.41) is 3.95. The highest BCUT2D eigenvalue weighted by Crippen LogP contribution is 2.29. The van der Waals surface area contributed by atoms with Gasteiger partial charge in [-0.25, -0.2) is 10.2 Å². The molecular weight excluding hydrogens is 398 g/mol. The highest BCUT2D eigenvalue weighted by molar-refractivity contribution is 5.95. The summed E-state index contributed by atoms with van der Waals surface area (Å²) in [7, 11) is 1.55. The largest absolute Gasteiger partial charge is 0.497 e. The number of carbonyl (C=O) groups is 2. The fourth-order valence-corrected chi connectivity index (χ4v) is 2.58. The fraction of sp³-hybridized carbons (Fsp3) is 0.130. The summed E-state index contributed by atoms with van der Waals surface area (Å²) >= 11 is 0. The van der Waals surface area contributed by atoms with Gasteiger partial charge in [0.2, 0.25) is 0 Å². The Morgan fingerprint density at radius 1 is 1.00 bits per heavy atom. The molecule has 0 aliphatic heterocycles. The predicted molar refractivity (Wildman–Crippen MR) is 115 cm³/mol. The molecule has 8 nitrogen and oxygen atoms in total. The molecule has 3 aromatic rings. The van der Waals surface area contributed by atoms with Crippen LogP contribution in [0.25, 0.3) is 0 Å². The van der Waals surface area contributed by atoms with E-state index in [2.05, 4.69) is 15.5 Å². The maximum Gasteiger partial charge on any atom is 0.343 e. The topological polar surface area (TPSA) is 99.1 Å². The molecule has 0 saturated carbocycles. The van der Waals surface area contributed by atoms with E-state index in [0.29, 0.717) is 34.8 Å². The number of hydrogen-bond donors (Lipinski definition) is 1. The maximum atomic E-state index is 12.4. The van der Waals surface area contributed by atoms with E-state index in [9.17, 15) is 9.59 Å². The van der Waals surface area contributed by atoms with Gasteiger partial charge in [0.15, 0.2) is 11.5 Å². The van der Waals surface area contributed by atoms with Crippen LogP contribution in [0.4, 0.5) is 0 Å². The lowest BCUT2D eigenvalue weighted by Crippen LogP contribution is -2.17. The standard InChI is InChI=1S/C23H21N3O5/c1-3-30-21-14-16(15-25-26-22(27)17-10-12-24-13-11-17)4-9-20(21)31-23(28)18-5-7-19(29-2)8-6-18/h4-15H,3H2,1-2H3,(H,26,27)/b25-15-. The lowest BCUT2D eigenvalue weighted by molar-refractivity contribution is 0.0728. The lowest BCUT2D eigenvalue weighted by Gasteiger charge is -2.11. The van der Waals surface area contributed by atoms with Crippen LogP contribution in [-0.4, -0.2) is 36.8 Å². The molecule has 3 rings (SSSR count). The Balaban J connectivity index is 1.69. The summed E-state index contributed by atoms with van der Waals surface area (Å²) in [6, 6.07) is 14.7. The number of hydrogen-bond acceptors (Lipinski definition) is 7. The molecule has 0 bridgehead atoms. The molecule has 31 heavy (non-hydrogen) atoms. The molecule has 2 aromatic carbocycles. The molecule has 0 aliphatic rings. The first-order valence-corrected chi connectivity index (χ1v) is 9.47. The van der Waals surface area contributed by atoms with Gasteiger partial charge in [-0.2, -0.15) is 5.10 Å². The van der Waals surface area contributed by atoms with E-state index in [1.165, 1.54) is 18.6 Å². The van der Waals surface area contributed by atoms with Gasteiger partial charge in [-0.05, 0) is 67.1 Å². The average molecular weight is 419 g/mol. The number of hydrazone groups is 1. The Bertz CT molecular complexity index is 1070. The summed E-state index contributed by atoms with van der Waals surface area (Å²) in [6.45, 7) is 2.21. The first kappa shape index (κ1) is 21.5. The molecule has 0 unspecified atom stereocenters. The number of nitrogens with one attached hydrogen (secondary N) is 1. The molecule has 0 fully saturated rings. The number of nitrogens with zero attached hydrogens (tertiary/aromatic N) is 2. The highest BCUT2D eigenvalue weighted by Gasteiger charge is 2.13. The van der Waals surface area contributed by atoms with Crippen molar-refractivity contribution in [3.63, 3.8) is 0 Å². The number of benzene rings is 2. The third kappa shape index (κ3) is 5.89. The van der Waals surface area contributed by atoms with Crippen LogP contribution >= 0.6 is 0 Å². The van der Waals surface area contributed by atoms with Crippen LogP contribution in [0, 0.1) is 0 Å². The predicted octanol–water partition coefficient (Wildman–Crippen LogP) is 3.47. The Kier molecular flexibility index (Phi) is 7.31. The minimum absolute atomic E-state index is 0.278. The minimum atomic E-state index is -0.519. The van der Waals surface area contributed by atoms with E-state index in [-0.39, 0.29) is 11.7 Å². The van der Waals surface area contributed by atoms with Crippen LogP contribution in [0.1, 0.15) is 33.2 Å². The van der Waals surface area contributed by atoms with Gasteiger partial charge < -0.3 is 14.2 Å². The third-order valence-corrected chi connectivity index (χ3v) is 4.12. The summed E-state index contributed by atoms with van der Waals surface area (Å²) in [5.74, 6) is 0.434. The van der Waals surface area contributed by atoms with Crippen LogP contribution in [-0.2, 0) is 0 Å². The van der Waals surface area contributed by atoms with E-state index < -0.39 is 5.97 Å². The van der Waals surface area contributed by atoms with Gasteiger partial charge in [0.05, 0.1) is 25.5 Å². The molecule has 0 spiro atoms. The number of rotatable bonds is 8. The number of esters is 1. The zero-order valence-electron chi connectivity index (χ0n) is 17.1. The molecule has 1 N–H and O–H groups in total. The number of pyridine rings is 1. The molecular formula is C23H21N3O5. The van der Waals surface area contributed by atoms with Gasteiger partial charge in [0, 0.05) is 18.0 Å². The monoisotopic (exact) mass is 419 g/mol. The summed E-state index contributed by atoms with van der Waals surface area (Å²) in [6.07, 6.45) is 4.52. The van der Waals surface area contributed by atoms with Crippen molar-refractivity contribution in [3.8, 4) is 17.2 Å². The lowest BCUT2D eigenvalue weighted by atomic mass is 10.2. The Labute approximate surface area is 179 Å². The van der Waals surface area contributed by atoms with E-state index in [4.69, 9.17) is 14.2 Å². The molecule has 158 valence electrons. The van der Waals surface area contributed by atoms with Crippen LogP contribution in [0.3, 0.4) is 0 Å². The van der Waals surface area contributed by atoms with Gasteiger partial charge >= 0.3 is 5.97 Å². The van der Waals surface area contributed by atoms with Crippen LogP contribution in [0.2, 0.25) is 0 Å². The fourth-order valence-electron chi connectivity index (χ4n) is 2.58. The van der Waals surface area contributed by atoms with E-state index in [1.807, 2.05) is 6.92 Å². The van der Waals surface area contributed by atoms with Crippen molar-refractivity contribution in [3.05, 3.63) is 83.7 Å². The van der Waals surface area contributed by atoms with E-state index >= 15 is 0 Å². The Morgan fingerprint density at radius 2 is 1.74 bits per heavy atom. The maximum absolute atomic E-state index is 12.4. The van der Waals surface area contributed by atoms with Gasteiger partial charge in [-0.3, -0.25) is 9.78 Å². The van der Waals surface area contributed by atoms with Crippen molar-refractivity contribution < 1.29 is 23.8 Å². The first-order chi connectivity index (χ1) is 15.1. The zero-order chi connectivity index (χ0) is 22.1. The molecule has 0 aliphatic carbocycles. The van der Waals surface area contributed by atoms with Crippen molar-refractivity contribution in [2.75, 3.05) is 13.7 Å². The summed E-state index contributed by atoms with van der Waals surface area (Å²) < 4.78 is 16.2. The molecule has 1 aromatic heterocycles. The number of amides is 1. The highest BCUT2D eigenvalue weighted by atomic mass is 16.6. The van der Waals surface area contributed by atoms with Gasteiger partial charge in [0.1, 0.15) is 5.75 Å². The third-order valence-electron chi connectivity index (χ3n) is 4.12. The molecule has 1 amide bonds. The van der Waals surface area contributed by atoms with E-state index in [1.54, 1.807) is 61.7 Å².